The van der Waals surface area contributed by atoms with E-state index in [1.54, 1.807) is 0 Å². The van der Waals surface area contributed by atoms with Crippen molar-refractivity contribution in [2.75, 3.05) is 0 Å². The lowest BCUT2D eigenvalue weighted by atomic mass is 9.99. The van der Waals surface area contributed by atoms with Crippen LogP contribution < -0.4 is 21.4 Å². The maximum atomic E-state index is 16.6. The summed E-state index contributed by atoms with van der Waals surface area (Å²) in [6, 6.07) is 0. The summed E-state index contributed by atoms with van der Waals surface area (Å²) in [6.45, 7) is 0. The lowest BCUT2D eigenvalue weighted by molar-refractivity contribution is 0.376. The first kappa shape index (κ1) is 52.4. The molecule has 8 bridgehead atoms. The molecule has 0 saturated heterocycles. The van der Waals surface area contributed by atoms with E-state index < -0.39 is 252 Å². The Balaban J connectivity index is 1.71. The van der Waals surface area contributed by atoms with E-state index in [0.29, 0.717) is 0 Å². The van der Waals surface area contributed by atoms with Crippen molar-refractivity contribution in [3.05, 3.63) is 229 Å². The molecule has 8 aromatic rings. The third kappa shape index (κ3) is 6.85. The summed E-state index contributed by atoms with van der Waals surface area (Å²) in [7, 11) is 0. The molecule has 4 N–H and O–H groups in total. The molecule has 0 atom stereocenters. The number of rotatable bonds is 4. The highest BCUT2D eigenvalue weighted by atomic mass is 19.2. The minimum atomic E-state index is -3.29. The summed E-state index contributed by atoms with van der Waals surface area (Å²) >= 11 is 0. The fourth-order valence-corrected chi connectivity index (χ4v) is 7.99. The molecule has 4 nitrogen and oxygen atoms in total. The summed E-state index contributed by atoms with van der Waals surface area (Å²) in [5.41, 5.74) is -32.9. The number of hydrogen-bond donors (Lipinski definition) is 4. The Labute approximate surface area is 394 Å². The number of halogens is 28. The van der Waals surface area contributed by atoms with E-state index in [9.17, 15) is 52.7 Å². The van der Waals surface area contributed by atoms with Gasteiger partial charge in [-0.25, -0.2) is 123 Å². The van der Waals surface area contributed by atoms with Crippen LogP contribution in [0.3, 0.4) is 0 Å². The van der Waals surface area contributed by atoms with E-state index in [4.69, 9.17) is 0 Å². The third-order valence-electron chi connectivity index (χ3n) is 11.4. The Hall–Kier alpha value is -8.48. The van der Waals surface area contributed by atoms with Crippen molar-refractivity contribution in [3.63, 3.8) is 0 Å². The van der Waals surface area contributed by atoms with Gasteiger partial charge in [0.25, 0.3) is 0 Å². The van der Waals surface area contributed by atoms with Crippen LogP contribution in [0, 0.1) is 163 Å². The average Bonchev–Trinajstić information content (AvgIpc) is 4.06. The van der Waals surface area contributed by atoms with Gasteiger partial charge in [-0.15, -0.1) is 0 Å². The van der Waals surface area contributed by atoms with Crippen molar-refractivity contribution >= 4 is 22.3 Å². The molecular formula is C44H4F28N4. The van der Waals surface area contributed by atoms with Crippen LogP contribution in [-0.2, 0) is 0 Å². The van der Waals surface area contributed by atoms with Crippen molar-refractivity contribution in [1.82, 2.24) is 19.9 Å². The summed E-state index contributed by atoms with van der Waals surface area (Å²) < 4.78 is 437. The molecule has 0 saturated carbocycles. The quantitative estimate of drug-likeness (QED) is 0.0771. The monoisotopic (exact) mass is 1120 g/mol. The lowest BCUT2D eigenvalue weighted by Gasteiger charge is -2.13. The highest BCUT2D eigenvalue weighted by Gasteiger charge is 2.41. The number of aromatic nitrogens is 4. The zero-order valence-electron chi connectivity index (χ0n) is 34.6. The summed E-state index contributed by atoms with van der Waals surface area (Å²) in [5.74, 6) is -90.7. The molecule has 32 heteroatoms. The Kier molecular flexibility index (Phi) is 12.1. The number of benzene rings is 4. The molecule has 4 aromatic heterocycles. The van der Waals surface area contributed by atoms with E-state index in [1.807, 2.05) is 0 Å². The fourth-order valence-electron chi connectivity index (χ4n) is 7.99. The number of nitrogens with one attached hydrogen (secondary N) is 4. The highest BCUT2D eigenvalue weighted by molar-refractivity contribution is 5.86. The van der Waals surface area contributed by atoms with Gasteiger partial charge in [0, 0.05) is 22.3 Å². The van der Waals surface area contributed by atoms with Gasteiger partial charge in [0.05, 0.1) is 66.4 Å². The van der Waals surface area contributed by atoms with Gasteiger partial charge in [0.2, 0.25) is 23.3 Å². The molecule has 0 spiro atoms. The zero-order chi connectivity index (χ0) is 56.2. The predicted octanol–water partition coefficient (Wildman–Crippen LogP) is 10.2. The van der Waals surface area contributed by atoms with Crippen LogP contribution in [-0.4, -0.2) is 19.9 Å². The van der Waals surface area contributed by atoms with E-state index in [0.717, 1.165) is 19.9 Å². The topological polar surface area (TPSA) is 63.2 Å². The number of aromatic amines is 4. The molecule has 0 amide bonds. The first-order valence-corrected chi connectivity index (χ1v) is 19.3. The summed E-state index contributed by atoms with van der Waals surface area (Å²) in [5, 5.41) is -10.5. The van der Waals surface area contributed by atoms with Gasteiger partial charge in [-0.2, -0.15) is 0 Å². The third-order valence-corrected chi connectivity index (χ3v) is 11.4. The molecule has 4 aromatic carbocycles. The standard InChI is InChI=1S/C44H4F28N4/c45-9-1(10(46)18(54)25(61)17(9)53)5-37-29(65)31(67)39(73-37)6(2-11(47)19(55)26(62)20(56)12(2)48)41-33(69)35(71)43(75-41)8(4-15(51)23(59)28(64)24(60)16(4)52)44-36(72)34(70)42(76-44)7(40-32(68)30(66)38(5)74-40)3-13(49)21(57)27(63)22(58)14(3)50/h73-76H. The lowest BCUT2D eigenvalue weighted by Crippen LogP contribution is -2.24. The smallest absolute Gasteiger partial charge is 0.200 e. The first-order chi connectivity index (χ1) is 35.4. The van der Waals surface area contributed by atoms with E-state index in [2.05, 4.69) is 0 Å². The van der Waals surface area contributed by atoms with Crippen LogP contribution in [0.4, 0.5) is 123 Å². The summed E-state index contributed by atoms with van der Waals surface area (Å²) in [6.07, 6.45) is 0. The molecular weight excluding hydrogens is 1120 g/mol. The van der Waals surface area contributed by atoms with Crippen molar-refractivity contribution in [1.29, 1.82) is 0 Å². The maximum absolute atomic E-state index is 16.6. The largest absolute Gasteiger partial charge is 0.349 e. The second-order valence-electron chi connectivity index (χ2n) is 15.3. The molecule has 9 rings (SSSR count). The number of fused-ring (bicyclic) bond motifs is 8. The molecule has 76 heavy (non-hydrogen) atoms. The minimum Gasteiger partial charge on any atom is -0.349 e. The van der Waals surface area contributed by atoms with Gasteiger partial charge < -0.3 is 19.9 Å². The van der Waals surface area contributed by atoms with Crippen LogP contribution >= 0.6 is 0 Å². The maximum Gasteiger partial charge on any atom is 0.200 e. The summed E-state index contributed by atoms with van der Waals surface area (Å²) in [4.78, 5) is 4.29. The molecule has 0 fully saturated rings. The number of hydrogen-bond acceptors (Lipinski definition) is 0. The van der Waals surface area contributed by atoms with Crippen molar-refractivity contribution in [2.24, 2.45) is 0 Å². The minimum absolute atomic E-state index is 1.07. The van der Waals surface area contributed by atoms with Crippen LogP contribution in [0.5, 0.6) is 0 Å². The SMILES string of the molecule is Fc1c2[nH]c(c1F)C(c1c(F)c(F)c(F)c(F)c1F)=c1[nH]c(c(F)c1F)=C(c1c(F)c(F)c(F)c(F)c1F)c1[nH]c(c(F)c1F)C(c1c(F)c(F)c(F)c(F)c1F)=c1[nH]c(c(F)c1F)=C2c1c(F)c(F)c(F)c(F)c1F. The Morgan fingerprint density at radius 2 is 0.263 bits per heavy atom. The normalized spacial score (nSPS) is 12.9. The molecule has 1 aliphatic heterocycles. The van der Waals surface area contributed by atoms with Gasteiger partial charge >= 0.3 is 0 Å². The van der Waals surface area contributed by atoms with Gasteiger partial charge in [0.1, 0.15) is 0 Å². The van der Waals surface area contributed by atoms with E-state index in [1.165, 1.54) is 0 Å². The zero-order valence-corrected chi connectivity index (χ0v) is 34.6. The van der Waals surface area contributed by atoms with Crippen LogP contribution in [0.15, 0.2) is 0 Å². The van der Waals surface area contributed by atoms with Gasteiger partial charge in [-0.05, 0) is 0 Å². The van der Waals surface area contributed by atoms with Crippen LogP contribution in [0.25, 0.3) is 22.3 Å². The molecule has 0 aliphatic carbocycles. The van der Waals surface area contributed by atoms with E-state index in [-0.39, 0.29) is 0 Å². The second-order valence-corrected chi connectivity index (χ2v) is 15.3. The Morgan fingerprint density at radius 3 is 0.408 bits per heavy atom. The molecule has 5 heterocycles. The van der Waals surface area contributed by atoms with Gasteiger partial charge in [-0.1, -0.05) is 0 Å². The molecule has 1 aliphatic rings. The number of H-pyrrole nitrogens is 4. The van der Waals surface area contributed by atoms with Crippen molar-refractivity contribution < 1.29 is 123 Å². The van der Waals surface area contributed by atoms with Gasteiger partial charge in [-0.3, -0.25) is 0 Å². The second kappa shape index (κ2) is 17.6. The van der Waals surface area contributed by atoms with Crippen LogP contribution in [0.1, 0.15) is 45.0 Å². The molecule has 396 valence electrons. The highest BCUT2D eigenvalue weighted by Crippen LogP contribution is 2.41. The first-order valence-electron chi connectivity index (χ1n) is 19.3. The fraction of sp³-hybridized carbons (Fsp3) is 0. The average molecular weight is 1120 g/mol. The molecule has 0 unspecified atom stereocenters. The van der Waals surface area contributed by atoms with Crippen molar-refractivity contribution in [3.8, 4) is 0 Å². The molecule has 0 radical (unpaired) electrons. The Morgan fingerprint density at radius 1 is 0.132 bits per heavy atom. The van der Waals surface area contributed by atoms with Crippen LogP contribution in [0.2, 0.25) is 0 Å². The van der Waals surface area contributed by atoms with Crippen molar-refractivity contribution in [2.45, 2.75) is 0 Å². The predicted molar refractivity (Wildman–Crippen MR) is 193 cm³/mol. The Bertz CT molecular complexity index is 3620. The van der Waals surface area contributed by atoms with Gasteiger partial charge in [0.15, 0.2) is 140 Å². The van der Waals surface area contributed by atoms with E-state index >= 15 is 70.2 Å².